The molecule has 0 aliphatic carbocycles. The highest BCUT2D eigenvalue weighted by Crippen LogP contribution is 2.12. The molecule has 0 atom stereocenters. The quantitative estimate of drug-likeness (QED) is 0.877. The van der Waals surface area contributed by atoms with Crippen LogP contribution in [0.1, 0.15) is 16.1 Å². The van der Waals surface area contributed by atoms with E-state index in [4.69, 9.17) is 0 Å². The Hall–Kier alpha value is -1.95. The van der Waals surface area contributed by atoms with Gasteiger partial charge < -0.3 is 10.1 Å². The van der Waals surface area contributed by atoms with Crippen LogP contribution in [0.15, 0.2) is 40.9 Å². The molecule has 0 bridgehead atoms. The minimum atomic E-state index is -0.494. The van der Waals surface area contributed by atoms with Crippen LogP contribution in [0.25, 0.3) is 0 Å². The van der Waals surface area contributed by atoms with Crippen LogP contribution < -0.4 is 5.32 Å². The van der Waals surface area contributed by atoms with Gasteiger partial charge in [0.25, 0.3) is 0 Å². The lowest BCUT2D eigenvalue weighted by Gasteiger charge is -2.05. The van der Waals surface area contributed by atoms with Gasteiger partial charge in [-0.2, -0.15) is 0 Å². The maximum absolute atomic E-state index is 11.2. The smallest absolute Gasteiger partial charge is 0.358 e. The van der Waals surface area contributed by atoms with Crippen LogP contribution in [-0.4, -0.2) is 23.3 Å². The lowest BCUT2D eigenvalue weighted by Crippen LogP contribution is -2.07. The molecule has 0 aliphatic heterocycles. The van der Waals surface area contributed by atoms with Crippen LogP contribution >= 0.6 is 15.9 Å². The molecule has 1 heterocycles. The molecule has 0 amide bonds. The Morgan fingerprint density at radius 3 is 2.53 bits per heavy atom. The van der Waals surface area contributed by atoms with Crippen molar-refractivity contribution in [2.75, 3.05) is 12.4 Å². The number of benzene rings is 1. The van der Waals surface area contributed by atoms with Gasteiger partial charge in [0.2, 0.25) is 0 Å². The van der Waals surface area contributed by atoms with E-state index in [1.807, 2.05) is 24.3 Å². The molecule has 1 aromatic carbocycles. The molecule has 0 aliphatic rings. The number of hydrogen-bond donors (Lipinski definition) is 1. The second kappa shape index (κ2) is 6.29. The Labute approximate surface area is 119 Å². The van der Waals surface area contributed by atoms with Crippen LogP contribution in [0.2, 0.25) is 0 Å². The number of ether oxygens (including phenoxy) is 1. The number of halogens is 1. The van der Waals surface area contributed by atoms with E-state index in [0.717, 1.165) is 10.0 Å². The monoisotopic (exact) mass is 321 g/mol. The zero-order valence-electron chi connectivity index (χ0n) is 10.3. The van der Waals surface area contributed by atoms with E-state index in [1.165, 1.54) is 7.11 Å². The number of nitrogens with zero attached hydrogens (tertiary/aromatic N) is 2. The number of esters is 1. The van der Waals surface area contributed by atoms with Gasteiger partial charge in [-0.15, -0.1) is 10.2 Å². The molecule has 0 saturated carbocycles. The van der Waals surface area contributed by atoms with Crippen LogP contribution in [0.4, 0.5) is 5.82 Å². The maximum Gasteiger partial charge on any atom is 0.358 e. The highest BCUT2D eigenvalue weighted by atomic mass is 79.9. The van der Waals surface area contributed by atoms with Crippen molar-refractivity contribution in [1.29, 1.82) is 0 Å². The van der Waals surface area contributed by atoms with Crippen molar-refractivity contribution in [3.05, 3.63) is 52.1 Å². The Balaban J connectivity index is 1.96. The molecule has 98 valence electrons. The van der Waals surface area contributed by atoms with Crippen LogP contribution in [0, 0.1) is 0 Å². The minimum Gasteiger partial charge on any atom is -0.464 e. The highest BCUT2D eigenvalue weighted by Gasteiger charge is 2.07. The summed E-state index contributed by atoms with van der Waals surface area (Å²) in [5, 5.41) is 10.8. The van der Waals surface area contributed by atoms with Gasteiger partial charge >= 0.3 is 5.97 Å². The fourth-order valence-electron chi connectivity index (χ4n) is 1.43. The van der Waals surface area contributed by atoms with Crippen molar-refractivity contribution in [1.82, 2.24) is 10.2 Å². The van der Waals surface area contributed by atoms with Gasteiger partial charge in [0.05, 0.1) is 7.11 Å². The number of hydrogen-bond acceptors (Lipinski definition) is 5. The third kappa shape index (κ3) is 3.75. The first-order valence-corrected chi connectivity index (χ1v) is 6.38. The Kier molecular flexibility index (Phi) is 4.46. The van der Waals surface area contributed by atoms with Gasteiger partial charge in [-0.1, -0.05) is 28.1 Å². The van der Waals surface area contributed by atoms with Crippen LogP contribution in [0.3, 0.4) is 0 Å². The molecule has 0 fully saturated rings. The van der Waals surface area contributed by atoms with E-state index in [0.29, 0.717) is 12.4 Å². The molecule has 2 aromatic rings. The fraction of sp³-hybridized carbons (Fsp3) is 0.154. The number of carbonyl (C=O) groups is 1. The van der Waals surface area contributed by atoms with Gasteiger partial charge in [0.15, 0.2) is 5.69 Å². The van der Waals surface area contributed by atoms with Gasteiger partial charge in [-0.3, -0.25) is 0 Å². The summed E-state index contributed by atoms with van der Waals surface area (Å²) in [4.78, 5) is 11.2. The first-order chi connectivity index (χ1) is 9.19. The van der Waals surface area contributed by atoms with Crippen molar-refractivity contribution in [3.63, 3.8) is 0 Å². The number of carbonyl (C=O) groups excluding carboxylic acids is 1. The molecule has 0 spiro atoms. The van der Waals surface area contributed by atoms with Crippen molar-refractivity contribution >= 4 is 27.7 Å². The Morgan fingerprint density at radius 2 is 1.95 bits per heavy atom. The molecule has 5 nitrogen and oxygen atoms in total. The topological polar surface area (TPSA) is 64.1 Å². The van der Waals surface area contributed by atoms with Crippen LogP contribution in [-0.2, 0) is 11.3 Å². The molecule has 0 saturated heterocycles. The van der Waals surface area contributed by atoms with Crippen LogP contribution in [0.5, 0.6) is 0 Å². The molecule has 0 radical (unpaired) electrons. The number of aromatic nitrogens is 2. The molecule has 19 heavy (non-hydrogen) atoms. The minimum absolute atomic E-state index is 0.191. The molecule has 2 rings (SSSR count). The summed E-state index contributed by atoms with van der Waals surface area (Å²) in [6.07, 6.45) is 0. The van der Waals surface area contributed by atoms with E-state index in [-0.39, 0.29) is 5.69 Å². The normalized spacial score (nSPS) is 10.0. The molecular weight excluding hydrogens is 310 g/mol. The summed E-state index contributed by atoms with van der Waals surface area (Å²) in [5.41, 5.74) is 1.32. The van der Waals surface area contributed by atoms with Crippen molar-refractivity contribution < 1.29 is 9.53 Å². The van der Waals surface area contributed by atoms with Gasteiger partial charge in [0, 0.05) is 11.0 Å². The summed E-state index contributed by atoms with van der Waals surface area (Å²) in [6, 6.07) is 11.2. The number of anilines is 1. The summed E-state index contributed by atoms with van der Waals surface area (Å²) < 4.78 is 5.59. The number of rotatable bonds is 4. The van der Waals surface area contributed by atoms with Crippen molar-refractivity contribution in [2.45, 2.75) is 6.54 Å². The fourth-order valence-corrected chi connectivity index (χ4v) is 1.70. The standard InChI is InChI=1S/C13H12BrN3O2/c1-19-13(18)11-6-7-12(17-16-11)15-8-9-2-4-10(14)5-3-9/h2-7H,8H2,1H3,(H,15,17). The molecule has 6 heteroatoms. The molecule has 1 aromatic heterocycles. The lowest BCUT2D eigenvalue weighted by atomic mass is 10.2. The second-order valence-electron chi connectivity index (χ2n) is 3.78. The molecule has 0 unspecified atom stereocenters. The van der Waals surface area contributed by atoms with E-state index in [1.54, 1.807) is 12.1 Å². The van der Waals surface area contributed by atoms with E-state index in [9.17, 15) is 4.79 Å². The van der Waals surface area contributed by atoms with Gasteiger partial charge in [0.1, 0.15) is 5.82 Å². The second-order valence-corrected chi connectivity index (χ2v) is 4.69. The lowest BCUT2D eigenvalue weighted by molar-refractivity contribution is 0.0593. The molecule has 1 N–H and O–H groups in total. The highest BCUT2D eigenvalue weighted by molar-refractivity contribution is 9.10. The van der Waals surface area contributed by atoms with Gasteiger partial charge in [-0.25, -0.2) is 4.79 Å². The third-order valence-corrected chi connectivity index (χ3v) is 2.97. The summed E-state index contributed by atoms with van der Waals surface area (Å²) in [5.74, 6) is 0.113. The third-order valence-electron chi connectivity index (χ3n) is 2.45. The average Bonchev–Trinajstić information content (AvgIpc) is 2.46. The van der Waals surface area contributed by atoms with E-state index in [2.05, 4.69) is 36.2 Å². The summed E-state index contributed by atoms with van der Waals surface area (Å²) >= 11 is 3.38. The number of nitrogens with one attached hydrogen (secondary N) is 1. The zero-order valence-corrected chi connectivity index (χ0v) is 11.8. The van der Waals surface area contributed by atoms with Crippen molar-refractivity contribution in [3.8, 4) is 0 Å². The summed E-state index contributed by atoms with van der Waals surface area (Å²) in [7, 11) is 1.31. The molecular formula is C13H12BrN3O2. The first kappa shape index (κ1) is 13.5. The maximum atomic E-state index is 11.2. The SMILES string of the molecule is COC(=O)c1ccc(NCc2ccc(Br)cc2)nn1. The predicted octanol–water partition coefficient (Wildman–Crippen LogP) is 2.64. The largest absolute Gasteiger partial charge is 0.464 e. The summed E-state index contributed by atoms with van der Waals surface area (Å²) in [6.45, 7) is 0.638. The zero-order chi connectivity index (χ0) is 13.7. The average molecular weight is 322 g/mol. The number of methoxy groups -OCH3 is 1. The predicted molar refractivity (Wildman–Crippen MR) is 74.8 cm³/mol. The van der Waals surface area contributed by atoms with E-state index < -0.39 is 5.97 Å². The Bertz CT molecular complexity index is 555. The van der Waals surface area contributed by atoms with E-state index >= 15 is 0 Å². The van der Waals surface area contributed by atoms with Crippen molar-refractivity contribution in [2.24, 2.45) is 0 Å². The Morgan fingerprint density at radius 1 is 1.21 bits per heavy atom. The van der Waals surface area contributed by atoms with Gasteiger partial charge in [-0.05, 0) is 29.8 Å². The first-order valence-electron chi connectivity index (χ1n) is 5.59.